The number of hydrogen-bond acceptors (Lipinski definition) is 3. The molecule has 1 aromatic rings. The second-order valence-electron chi connectivity index (χ2n) is 6.64. The molecule has 2 aliphatic rings. The van der Waals surface area contributed by atoms with Gasteiger partial charge in [0.15, 0.2) is 0 Å². The Morgan fingerprint density at radius 3 is 2.40 bits per heavy atom. The van der Waals surface area contributed by atoms with E-state index in [9.17, 15) is 14.4 Å². The molecular weight excluding hydrogens is 322 g/mol. The van der Waals surface area contributed by atoms with E-state index >= 15 is 0 Å². The second kappa shape index (κ2) is 7.55. The summed E-state index contributed by atoms with van der Waals surface area (Å²) in [4.78, 5) is 39.2. The Bertz CT molecular complexity index is 641. The topological polar surface area (TPSA) is 89.9 Å². The van der Waals surface area contributed by atoms with E-state index in [-0.39, 0.29) is 17.9 Å². The van der Waals surface area contributed by atoms with Crippen LogP contribution in [0.1, 0.15) is 24.8 Å². The first-order valence-corrected chi connectivity index (χ1v) is 8.65. The van der Waals surface area contributed by atoms with E-state index in [0.29, 0.717) is 45.4 Å². The van der Waals surface area contributed by atoms with Gasteiger partial charge >= 0.3 is 12.0 Å². The van der Waals surface area contributed by atoms with Crippen molar-refractivity contribution in [2.24, 2.45) is 5.92 Å². The van der Waals surface area contributed by atoms with Crippen molar-refractivity contribution in [3.05, 3.63) is 35.9 Å². The zero-order valence-corrected chi connectivity index (χ0v) is 14.1. The quantitative estimate of drug-likeness (QED) is 0.860. The summed E-state index contributed by atoms with van der Waals surface area (Å²) in [5, 5.41) is 11.8. The van der Waals surface area contributed by atoms with Crippen molar-refractivity contribution in [2.45, 2.75) is 31.8 Å². The van der Waals surface area contributed by atoms with E-state index < -0.39 is 12.0 Å². The Balaban J connectivity index is 1.49. The number of rotatable bonds is 4. The first kappa shape index (κ1) is 17.3. The van der Waals surface area contributed by atoms with Crippen LogP contribution in [-0.4, -0.2) is 58.5 Å². The van der Waals surface area contributed by atoms with E-state index in [1.54, 1.807) is 9.80 Å². The highest BCUT2D eigenvalue weighted by Crippen LogP contribution is 2.19. The molecule has 7 heteroatoms. The van der Waals surface area contributed by atoms with Crippen molar-refractivity contribution in [1.29, 1.82) is 0 Å². The van der Waals surface area contributed by atoms with Gasteiger partial charge in [0.1, 0.15) is 6.04 Å². The molecule has 0 saturated carbocycles. The number of hydrogen-bond donors (Lipinski definition) is 2. The molecule has 2 aliphatic heterocycles. The van der Waals surface area contributed by atoms with Crippen LogP contribution in [0.25, 0.3) is 0 Å². The summed E-state index contributed by atoms with van der Waals surface area (Å²) in [5.41, 5.74) is 1.07. The monoisotopic (exact) mass is 345 g/mol. The molecule has 0 aromatic heterocycles. The van der Waals surface area contributed by atoms with Gasteiger partial charge in [0.25, 0.3) is 0 Å². The van der Waals surface area contributed by atoms with E-state index in [0.717, 1.165) is 5.56 Å². The molecule has 134 valence electrons. The molecule has 0 radical (unpaired) electrons. The number of aliphatic carboxylic acids is 1. The van der Waals surface area contributed by atoms with Crippen LogP contribution < -0.4 is 5.32 Å². The molecule has 1 atom stereocenters. The Morgan fingerprint density at radius 2 is 1.76 bits per heavy atom. The SMILES string of the molecule is O=C(O)C1CCN(C(=O)NC2CCN(Cc3ccccc3)C2=O)CC1. The lowest BCUT2D eigenvalue weighted by Gasteiger charge is -2.31. The second-order valence-corrected chi connectivity index (χ2v) is 6.64. The summed E-state index contributed by atoms with van der Waals surface area (Å²) in [6, 6.07) is 9.01. The normalized spacial score (nSPS) is 21.4. The summed E-state index contributed by atoms with van der Waals surface area (Å²) in [5.74, 6) is -1.24. The maximum atomic E-state index is 12.5. The van der Waals surface area contributed by atoms with Crippen LogP contribution in [0, 0.1) is 5.92 Å². The number of urea groups is 1. The van der Waals surface area contributed by atoms with Crippen molar-refractivity contribution in [2.75, 3.05) is 19.6 Å². The van der Waals surface area contributed by atoms with Gasteiger partial charge in [-0.1, -0.05) is 30.3 Å². The summed E-state index contributed by atoms with van der Waals surface area (Å²) >= 11 is 0. The molecule has 1 aromatic carbocycles. The molecule has 7 nitrogen and oxygen atoms in total. The van der Waals surface area contributed by atoms with Crippen LogP contribution in [0.4, 0.5) is 4.79 Å². The molecule has 2 N–H and O–H groups in total. The van der Waals surface area contributed by atoms with Gasteiger partial charge in [0, 0.05) is 26.2 Å². The van der Waals surface area contributed by atoms with Gasteiger partial charge in [0.2, 0.25) is 5.91 Å². The predicted molar refractivity (Wildman–Crippen MR) is 90.7 cm³/mol. The fourth-order valence-electron chi connectivity index (χ4n) is 3.40. The Hall–Kier alpha value is -2.57. The average molecular weight is 345 g/mol. The highest BCUT2D eigenvalue weighted by atomic mass is 16.4. The molecule has 3 rings (SSSR count). The number of benzene rings is 1. The number of nitrogens with zero attached hydrogens (tertiary/aromatic N) is 2. The predicted octanol–water partition coefficient (Wildman–Crippen LogP) is 1.29. The van der Waals surface area contributed by atoms with E-state index in [1.807, 2.05) is 30.3 Å². The van der Waals surface area contributed by atoms with E-state index in [2.05, 4.69) is 5.32 Å². The van der Waals surface area contributed by atoms with Gasteiger partial charge in [0.05, 0.1) is 5.92 Å². The fourth-order valence-corrected chi connectivity index (χ4v) is 3.40. The summed E-state index contributed by atoms with van der Waals surface area (Å²) in [6.07, 6.45) is 1.52. The molecule has 0 spiro atoms. The third-order valence-corrected chi connectivity index (χ3v) is 4.94. The fraction of sp³-hybridized carbons (Fsp3) is 0.500. The van der Waals surface area contributed by atoms with Gasteiger partial charge in [-0.3, -0.25) is 9.59 Å². The number of amides is 3. The highest BCUT2D eigenvalue weighted by molar-refractivity contribution is 5.88. The Labute approximate surface area is 146 Å². The van der Waals surface area contributed by atoms with Crippen LogP contribution in [0.2, 0.25) is 0 Å². The van der Waals surface area contributed by atoms with Crippen LogP contribution in [0.15, 0.2) is 30.3 Å². The molecule has 0 aliphatic carbocycles. The van der Waals surface area contributed by atoms with Crippen LogP contribution >= 0.6 is 0 Å². The summed E-state index contributed by atoms with van der Waals surface area (Å²) in [6.45, 7) is 2.00. The lowest BCUT2D eigenvalue weighted by Crippen LogP contribution is -2.50. The summed E-state index contributed by atoms with van der Waals surface area (Å²) in [7, 11) is 0. The molecule has 25 heavy (non-hydrogen) atoms. The van der Waals surface area contributed by atoms with Crippen LogP contribution in [0.3, 0.4) is 0 Å². The molecule has 2 fully saturated rings. The number of carboxylic acids is 1. The molecule has 2 saturated heterocycles. The van der Waals surface area contributed by atoms with Gasteiger partial charge in [-0.15, -0.1) is 0 Å². The zero-order valence-electron chi connectivity index (χ0n) is 14.1. The largest absolute Gasteiger partial charge is 0.481 e. The smallest absolute Gasteiger partial charge is 0.318 e. The van der Waals surface area contributed by atoms with Gasteiger partial charge in [-0.05, 0) is 24.8 Å². The number of carboxylic acid groups (broad SMARTS) is 1. The first-order chi connectivity index (χ1) is 12.0. The zero-order chi connectivity index (χ0) is 17.8. The third-order valence-electron chi connectivity index (χ3n) is 4.94. The highest BCUT2D eigenvalue weighted by Gasteiger charge is 2.34. The molecule has 1 unspecified atom stereocenters. The Morgan fingerprint density at radius 1 is 1.08 bits per heavy atom. The maximum absolute atomic E-state index is 12.5. The van der Waals surface area contributed by atoms with Crippen molar-refractivity contribution in [1.82, 2.24) is 15.1 Å². The third kappa shape index (κ3) is 4.10. The lowest BCUT2D eigenvalue weighted by molar-refractivity contribution is -0.143. The standard InChI is InChI=1S/C18H23N3O4/c22-16-15(8-11-21(16)12-13-4-2-1-3-5-13)19-18(25)20-9-6-14(7-10-20)17(23)24/h1-5,14-15H,6-12H2,(H,19,25)(H,23,24). The van der Waals surface area contributed by atoms with E-state index in [1.165, 1.54) is 0 Å². The van der Waals surface area contributed by atoms with Crippen molar-refractivity contribution >= 4 is 17.9 Å². The number of carbonyl (C=O) groups is 3. The number of likely N-dealkylation sites (tertiary alicyclic amines) is 2. The first-order valence-electron chi connectivity index (χ1n) is 8.65. The maximum Gasteiger partial charge on any atom is 0.318 e. The van der Waals surface area contributed by atoms with Crippen molar-refractivity contribution in [3.63, 3.8) is 0 Å². The van der Waals surface area contributed by atoms with Gasteiger partial charge in [-0.2, -0.15) is 0 Å². The minimum atomic E-state index is -0.803. The molecule has 0 bridgehead atoms. The molecular formula is C18H23N3O4. The van der Waals surface area contributed by atoms with Crippen LogP contribution in [0.5, 0.6) is 0 Å². The van der Waals surface area contributed by atoms with Crippen molar-refractivity contribution < 1.29 is 19.5 Å². The lowest BCUT2D eigenvalue weighted by atomic mass is 9.97. The number of nitrogens with one attached hydrogen (secondary N) is 1. The summed E-state index contributed by atoms with van der Waals surface area (Å²) < 4.78 is 0. The van der Waals surface area contributed by atoms with Crippen LogP contribution in [-0.2, 0) is 16.1 Å². The average Bonchev–Trinajstić information content (AvgIpc) is 2.96. The Kier molecular flexibility index (Phi) is 5.21. The van der Waals surface area contributed by atoms with E-state index in [4.69, 9.17) is 5.11 Å². The molecule has 2 heterocycles. The minimum Gasteiger partial charge on any atom is -0.481 e. The van der Waals surface area contributed by atoms with Gasteiger partial charge in [-0.25, -0.2) is 4.79 Å². The van der Waals surface area contributed by atoms with Gasteiger partial charge < -0.3 is 20.2 Å². The number of carbonyl (C=O) groups excluding carboxylic acids is 2. The minimum absolute atomic E-state index is 0.0578. The molecule has 3 amide bonds. The van der Waals surface area contributed by atoms with Crippen molar-refractivity contribution in [3.8, 4) is 0 Å². The number of piperidine rings is 1.